The zero-order valence-electron chi connectivity index (χ0n) is 10.1. The summed E-state index contributed by atoms with van der Waals surface area (Å²) in [7, 11) is 0. The molecule has 0 saturated carbocycles. The monoisotopic (exact) mass is 322 g/mol. The lowest BCUT2D eigenvalue weighted by Gasteiger charge is -2.12. The number of fused-ring (bicyclic) bond motifs is 1. The zero-order chi connectivity index (χ0) is 13.2. The molecule has 0 bridgehead atoms. The largest absolute Gasteiger partial charge is 0.490 e. The zero-order valence-corrected chi connectivity index (χ0v) is 11.7. The van der Waals surface area contributed by atoms with Gasteiger partial charge in [-0.15, -0.1) is 0 Å². The highest BCUT2D eigenvalue weighted by molar-refractivity contribution is 9.10. The lowest BCUT2D eigenvalue weighted by Crippen LogP contribution is -2.22. The van der Waals surface area contributed by atoms with Crippen LogP contribution < -0.4 is 9.47 Å². The Morgan fingerprint density at radius 3 is 2.89 bits per heavy atom. The summed E-state index contributed by atoms with van der Waals surface area (Å²) < 4.78 is 24.9. The molecule has 0 aliphatic carbocycles. The molecule has 1 aliphatic rings. The van der Waals surface area contributed by atoms with E-state index in [4.69, 9.17) is 9.47 Å². The lowest BCUT2D eigenvalue weighted by molar-refractivity contribution is 0.148. The molecule has 2 nitrogen and oxygen atoms in total. The molecule has 2 aromatic carbocycles. The van der Waals surface area contributed by atoms with Crippen LogP contribution in [0.4, 0.5) is 4.39 Å². The molecule has 1 unspecified atom stereocenters. The third-order valence-electron chi connectivity index (χ3n) is 3.04. The van der Waals surface area contributed by atoms with Crippen LogP contribution in [0.1, 0.15) is 5.56 Å². The minimum Gasteiger partial charge on any atom is -0.490 e. The van der Waals surface area contributed by atoms with E-state index in [-0.39, 0.29) is 11.9 Å². The van der Waals surface area contributed by atoms with Crippen LogP contribution >= 0.6 is 15.9 Å². The van der Waals surface area contributed by atoms with Gasteiger partial charge in [-0.1, -0.05) is 18.2 Å². The minimum atomic E-state index is -0.295. The van der Waals surface area contributed by atoms with Crippen molar-refractivity contribution in [3.63, 3.8) is 0 Å². The van der Waals surface area contributed by atoms with Crippen LogP contribution in [0.2, 0.25) is 0 Å². The van der Waals surface area contributed by atoms with Gasteiger partial charge in [0, 0.05) is 6.42 Å². The van der Waals surface area contributed by atoms with Crippen LogP contribution in [-0.2, 0) is 6.42 Å². The molecule has 1 aliphatic heterocycles. The molecule has 3 rings (SSSR count). The van der Waals surface area contributed by atoms with Crippen molar-refractivity contribution in [1.29, 1.82) is 0 Å². The fraction of sp³-hybridized carbons (Fsp3) is 0.200. The van der Waals surface area contributed by atoms with Gasteiger partial charge in [0.15, 0.2) is 0 Å². The van der Waals surface area contributed by atoms with Gasteiger partial charge < -0.3 is 9.47 Å². The maximum absolute atomic E-state index is 13.1. The summed E-state index contributed by atoms with van der Waals surface area (Å²) in [5, 5.41) is 0. The van der Waals surface area contributed by atoms with Gasteiger partial charge in [-0.3, -0.25) is 0 Å². The van der Waals surface area contributed by atoms with Crippen molar-refractivity contribution in [1.82, 2.24) is 0 Å². The third kappa shape index (κ3) is 2.73. The third-order valence-corrected chi connectivity index (χ3v) is 3.65. The van der Waals surface area contributed by atoms with Crippen molar-refractivity contribution >= 4 is 15.9 Å². The van der Waals surface area contributed by atoms with Gasteiger partial charge in [0.05, 0.1) is 4.47 Å². The van der Waals surface area contributed by atoms with E-state index >= 15 is 0 Å². The summed E-state index contributed by atoms with van der Waals surface area (Å²) in [6, 6.07) is 12.6. The molecule has 0 N–H and O–H groups in total. The highest BCUT2D eigenvalue weighted by Gasteiger charge is 2.22. The van der Waals surface area contributed by atoms with Gasteiger partial charge in [0.1, 0.15) is 30.0 Å². The van der Waals surface area contributed by atoms with Crippen molar-refractivity contribution < 1.29 is 13.9 Å². The Hall–Kier alpha value is -1.55. The Balaban J connectivity index is 1.61. The second kappa shape index (κ2) is 5.21. The Labute approximate surface area is 119 Å². The first-order chi connectivity index (χ1) is 9.22. The van der Waals surface area contributed by atoms with Crippen LogP contribution in [0.3, 0.4) is 0 Å². The Morgan fingerprint density at radius 2 is 2.11 bits per heavy atom. The van der Waals surface area contributed by atoms with Crippen LogP contribution in [0, 0.1) is 5.82 Å². The maximum Gasteiger partial charge on any atom is 0.137 e. The molecule has 0 saturated heterocycles. The van der Waals surface area contributed by atoms with Crippen molar-refractivity contribution in [2.75, 3.05) is 6.61 Å². The predicted molar refractivity (Wildman–Crippen MR) is 74.2 cm³/mol. The summed E-state index contributed by atoms with van der Waals surface area (Å²) in [4.78, 5) is 0. The summed E-state index contributed by atoms with van der Waals surface area (Å²) in [5.74, 6) is 1.26. The average molecular weight is 323 g/mol. The Bertz CT molecular complexity index is 575. The summed E-state index contributed by atoms with van der Waals surface area (Å²) >= 11 is 3.14. The van der Waals surface area contributed by atoms with E-state index in [1.807, 2.05) is 18.2 Å². The fourth-order valence-electron chi connectivity index (χ4n) is 2.10. The Morgan fingerprint density at radius 1 is 1.26 bits per heavy atom. The van der Waals surface area contributed by atoms with Gasteiger partial charge in [-0.05, 0) is 45.8 Å². The van der Waals surface area contributed by atoms with Gasteiger partial charge in [-0.2, -0.15) is 0 Å². The molecule has 0 radical (unpaired) electrons. The molecular formula is C15H12BrFO2. The summed E-state index contributed by atoms with van der Waals surface area (Å²) in [6.07, 6.45) is 0.861. The number of benzene rings is 2. The van der Waals surface area contributed by atoms with Crippen molar-refractivity contribution in [3.8, 4) is 11.5 Å². The minimum absolute atomic E-state index is 0.0150. The normalized spacial score (nSPS) is 16.8. The topological polar surface area (TPSA) is 18.5 Å². The predicted octanol–water partition coefficient (Wildman–Crippen LogP) is 3.97. The van der Waals surface area contributed by atoms with Crippen molar-refractivity contribution in [2.45, 2.75) is 12.5 Å². The molecule has 19 heavy (non-hydrogen) atoms. The Kier molecular flexibility index (Phi) is 3.42. The maximum atomic E-state index is 13.1. The number of rotatable bonds is 3. The molecule has 0 amide bonds. The molecule has 98 valence electrons. The number of para-hydroxylation sites is 1. The van der Waals surface area contributed by atoms with E-state index in [1.165, 1.54) is 11.6 Å². The molecule has 4 heteroatoms. The first kappa shape index (κ1) is 12.5. The van der Waals surface area contributed by atoms with Crippen LogP contribution in [-0.4, -0.2) is 12.7 Å². The van der Waals surface area contributed by atoms with E-state index in [9.17, 15) is 4.39 Å². The van der Waals surface area contributed by atoms with E-state index in [1.54, 1.807) is 12.1 Å². The molecule has 0 aromatic heterocycles. The van der Waals surface area contributed by atoms with E-state index < -0.39 is 0 Å². The van der Waals surface area contributed by atoms with Gasteiger partial charge in [0.25, 0.3) is 0 Å². The number of hydrogen-bond donors (Lipinski definition) is 0. The molecule has 0 fully saturated rings. The molecule has 2 aromatic rings. The standard InChI is InChI=1S/C15H12BrFO2/c16-13-8-11(5-6-14(13)17)18-9-12-7-10-3-1-2-4-15(10)19-12/h1-6,8,12H,7,9H2. The molecule has 0 spiro atoms. The van der Waals surface area contributed by atoms with E-state index in [0.717, 1.165) is 12.2 Å². The molecule has 1 heterocycles. The van der Waals surface area contributed by atoms with Crippen molar-refractivity contribution in [3.05, 3.63) is 58.3 Å². The first-order valence-electron chi connectivity index (χ1n) is 6.05. The van der Waals surface area contributed by atoms with Crippen molar-refractivity contribution in [2.24, 2.45) is 0 Å². The van der Waals surface area contributed by atoms with Crippen LogP contribution in [0.15, 0.2) is 46.9 Å². The van der Waals surface area contributed by atoms with Crippen LogP contribution in [0.5, 0.6) is 11.5 Å². The molecule has 1 atom stereocenters. The van der Waals surface area contributed by atoms with Gasteiger partial charge >= 0.3 is 0 Å². The quantitative estimate of drug-likeness (QED) is 0.851. The lowest BCUT2D eigenvalue weighted by atomic mass is 10.1. The first-order valence-corrected chi connectivity index (χ1v) is 6.84. The molecular weight excluding hydrogens is 311 g/mol. The SMILES string of the molecule is Fc1ccc(OCC2Cc3ccccc3O2)cc1Br. The fourth-order valence-corrected chi connectivity index (χ4v) is 2.46. The van der Waals surface area contributed by atoms with Crippen LogP contribution in [0.25, 0.3) is 0 Å². The highest BCUT2D eigenvalue weighted by atomic mass is 79.9. The highest BCUT2D eigenvalue weighted by Crippen LogP contribution is 2.29. The van der Waals surface area contributed by atoms with Gasteiger partial charge in [0.2, 0.25) is 0 Å². The number of ether oxygens (including phenoxy) is 2. The summed E-state index contributed by atoms with van der Waals surface area (Å²) in [5.41, 5.74) is 1.20. The average Bonchev–Trinajstić information content (AvgIpc) is 2.83. The second-order valence-corrected chi connectivity index (χ2v) is 5.29. The number of halogens is 2. The van der Waals surface area contributed by atoms with Gasteiger partial charge in [-0.25, -0.2) is 4.39 Å². The van der Waals surface area contributed by atoms with E-state index in [2.05, 4.69) is 22.0 Å². The second-order valence-electron chi connectivity index (χ2n) is 4.44. The number of hydrogen-bond acceptors (Lipinski definition) is 2. The smallest absolute Gasteiger partial charge is 0.137 e. The van der Waals surface area contributed by atoms with E-state index in [0.29, 0.717) is 16.8 Å². The summed E-state index contributed by atoms with van der Waals surface area (Å²) in [6.45, 7) is 0.451.